The minimum atomic E-state index is 0.483. The molecule has 6 heteroatoms. The van der Waals surface area contributed by atoms with Crippen molar-refractivity contribution in [2.24, 2.45) is 11.3 Å². The topological polar surface area (TPSA) is 73.5 Å². The molecule has 1 aromatic carbocycles. The molecule has 0 bridgehead atoms. The Morgan fingerprint density at radius 3 is 2.65 bits per heavy atom. The van der Waals surface area contributed by atoms with Gasteiger partial charge in [-0.1, -0.05) is 6.92 Å². The molecule has 1 aromatic heterocycles. The molecule has 0 spiro atoms. The Balaban J connectivity index is 1.75. The molecule has 1 aliphatic carbocycles. The number of piperidine rings is 1. The number of rotatable bonds is 4. The van der Waals surface area contributed by atoms with Crippen LogP contribution in [0.3, 0.4) is 0 Å². The Hall–Kier alpha value is -2.24. The third-order valence-corrected chi connectivity index (χ3v) is 5.51. The first kappa shape index (κ1) is 14.4. The van der Waals surface area contributed by atoms with Crippen molar-refractivity contribution >= 4 is 22.7 Å². The van der Waals surface area contributed by atoms with Crippen molar-refractivity contribution in [1.82, 2.24) is 9.97 Å². The number of nitrogens with zero attached hydrogens (tertiary/aromatic N) is 3. The molecule has 4 rings (SSSR count). The normalized spacial score (nSPS) is 25.5. The number of nitrogen functional groups attached to an aromatic ring is 1. The second-order valence-corrected chi connectivity index (χ2v) is 6.63. The average Bonchev–Trinajstić information content (AvgIpc) is 3.14. The summed E-state index contributed by atoms with van der Waals surface area (Å²) in [4.78, 5) is 11.5. The van der Waals surface area contributed by atoms with E-state index < -0.39 is 0 Å². The number of ether oxygens (including phenoxy) is 2. The minimum Gasteiger partial charge on any atom is -0.493 e. The number of benzene rings is 1. The lowest BCUT2D eigenvalue weighted by Gasteiger charge is -2.21. The summed E-state index contributed by atoms with van der Waals surface area (Å²) in [6, 6.07) is 3.70. The zero-order chi connectivity index (χ0) is 16.2. The van der Waals surface area contributed by atoms with Crippen LogP contribution < -0.4 is 20.1 Å². The van der Waals surface area contributed by atoms with Crippen molar-refractivity contribution in [3.8, 4) is 11.5 Å². The Morgan fingerprint density at radius 1 is 1.26 bits per heavy atom. The summed E-state index contributed by atoms with van der Waals surface area (Å²) in [5.74, 6) is 3.28. The molecule has 1 saturated heterocycles. The van der Waals surface area contributed by atoms with Gasteiger partial charge < -0.3 is 20.1 Å². The zero-order valence-corrected chi connectivity index (χ0v) is 13.8. The second kappa shape index (κ2) is 4.88. The molecule has 2 unspecified atom stereocenters. The predicted molar refractivity (Wildman–Crippen MR) is 90.1 cm³/mol. The summed E-state index contributed by atoms with van der Waals surface area (Å²) in [5, 5.41) is 0.793. The van der Waals surface area contributed by atoms with Crippen LogP contribution >= 0.6 is 0 Å². The van der Waals surface area contributed by atoms with Gasteiger partial charge in [-0.3, -0.25) is 0 Å². The monoisotopic (exact) mass is 314 g/mol. The van der Waals surface area contributed by atoms with Crippen LogP contribution in [0.15, 0.2) is 12.1 Å². The summed E-state index contributed by atoms with van der Waals surface area (Å²) in [6.45, 7) is 4.34. The molecule has 2 N–H and O–H groups in total. The van der Waals surface area contributed by atoms with Gasteiger partial charge in [0.15, 0.2) is 11.5 Å². The molecule has 122 valence electrons. The van der Waals surface area contributed by atoms with Crippen molar-refractivity contribution in [1.29, 1.82) is 0 Å². The molecule has 2 atom stereocenters. The Bertz CT molecular complexity index is 775. The predicted octanol–water partition coefficient (Wildman–Crippen LogP) is 2.47. The average molecular weight is 314 g/mol. The van der Waals surface area contributed by atoms with Crippen molar-refractivity contribution in [3.63, 3.8) is 0 Å². The van der Waals surface area contributed by atoms with E-state index in [2.05, 4.69) is 16.8 Å². The van der Waals surface area contributed by atoms with Gasteiger partial charge in [-0.2, -0.15) is 4.98 Å². The van der Waals surface area contributed by atoms with E-state index in [1.54, 1.807) is 14.2 Å². The highest BCUT2D eigenvalue weighted by Crippen LogP contribution is 2.60. The van der Waals surface area contributed by atoms with Gasteiger partial charge in [0.1, 0.15) is 5.82 Å². The number of anilines is 2. The molecular weight excluding hydrogens is 292 g/mol. The molecular formula is C17H22N4O2. The zero-order valence-electron chi connectivity index (χ0n) is 13.8. The first-order valence-corrected chi connectivity index (χ1v) is 8.04. The number of fused-ring (bicyclic) bond motifs is 2. The summed E-state index contributed by atoms with van der Waals surface area (Å²) in [6.07, 6.45) is 2.57. The molecule has 6 nitrogen and oxygen atoms in total. The van der Waals surface area contributed by atoms with Crippen LogP contribution in [-0.2, 0) is 0 Å². The number of methoxy groups -OCH3 is 2. The third kappa shape index (κ3) is 2.08. The van der Waals surface area contributed by atoms with Crippen molar-refractivity contribution in [2.45, 2.75) is 19.8 Å². The van der Waals surface area contributed by atoms with E-state index in [1.165, 1.54) is 12.8 Å². The molecule has 2 heterocycles. The van der Waals surface area contributed by atoms with Crippen LogP contribution in [-0.4, -0.2) is 37.3 Å². The maximum atomic E-state index is 6.18. The number of hydrogen-bond donors (Lipinski definition) is 1. The van der Waals surface area contributed by atoms with Gasteiger partial charge in [-0.25, -0.2) is 4.98 Å². The molecule has 1 aliphatic heterocycles. The quantitative estimate of drug-likeness (QED) is 0.934. The lowest BCUT2D eigenvalue weighted by molar-refractivity contribution is 0.356. The van der Waals surface area contributed by atoms with Crippen LogP contribution in [0, 0.1) is 11.3 Å². The minimum absolute atomic E-state index is 0.483. The highest BCUT2D eigenvalue weighted by molar-refractivity contribution is 5.91. The Labute approximate surface area is 135 Å². The van der Waals surface area contributed by atoms with E-state index in [-0.39, 0.29) is 0 Å². The molecule has 2 aliphatic rings. The van der Waals surface area contributed by atoms with E-state index in [4.69, 9.17) is 20.2 Å². The van der Waals surface area contributed by atoms with E-state index in [9.17, 15) is 0 Å². The Kier molecular flexibility index (Phi) is 3.04. The largest absolute Gasteiger partial charge is 0.493 e. The molecule has 1 saturated carbocycles. The first-order valence-electron chi connectivity index (χ1n) is 8.04. The highest BCUT2D eigenvalue weighted by atomic mass is 16.5. The lowest BCUT2D eigenvalue weighted by Crippen LogP contribution is -2.26. The van der Waals surface area contributed by atoms with E-state index in [0.717, 1.165) is 35.9 Å². The maximum Gasteiger partial charge on any atom is 0.227 e. The summed E-state index contributed by atoms with van der Waals surface area (Å²) >= 11 is 0. The fourth-order valence-electron chi connectivity index (χ4n) is 3.90. The van der Waals surface area contributed by atoms with Gasteiger partial charge in [0.05, 0.1) is 19.7 Å². The van der Waals surface area contributed by atoms with E-state index >= 15 is 0 Å². The number of nitrogens with two attached hydrogens (primary N) is 1. The SMILES string of the molecule is CCC12CC1CN(c1nc(N)c3cc(OC)c(OC)cc3n1)C2. The molecule has 23 heavy (non-hydrogen) atoms. The van der Waals surface area contributed by atoms with Gasteiger partial charge >= 0.3 is 0 Å². The fraction of sp³-hybridized carbons (Fsp3) is 0.529. The molecule has 2 aromatic rings. The summed E-state index contributed by atoms with van der Waals surface area (Å²) < 4.78 is 10.7. The summed E-state index contributed by atoms with van der Waals surface area (Å²) in [5.41, 5.74) is 7.46. The second-order valence-electron chi connectivity index (χ2n) is 6.63. The van der Waals surface area contributed by atoms with Crippen LogP contribution in [0.4, 0.5) is 11.8 Å². The van der Waals surface area contributed by atoms with Crippen LogP contribution in [0.1, 0.15) is 19.8 Å². The lowest BCUT2D eigenvalue weighted by atomic mass is 10.0. The Morgan fingerprint density at radius 2 is 2.00 bits per heavy atom. The van der Waals surface area contributed by atoms with Crippen LogP contribution in [0.5, 0.6) is 11.5 Å². The third-order valence-electron chi connectivity index (χ3n) is 5.51. The highest BCUT2D eigenvalue weighted by Gasteiger charge is 2.58. The van der Waals surface area contributed by atoms with Crippen molar-refractivity contribution in [2.75, 3.05) is 37.9 Å². The standard InChI is InChI=1S/C17H22N4O2/c1-4-17-7-10(17)8-21(9-17)16-19-12-6-14(23-3)13(22-2)5-11(12)15(18)20-16/h5-6,10H,4,7-9H2,1-3H3,(H2,18,19,20). The fourth-order valence-corrected chi connectivity index (χ4v) is 3.90. The number of hydrogen-bond acceptors (Lipinski definition) is 6. The van der Waals surface area contributed by atoms with E-state index in [0.29, 0.717) is 22.7 Å². The van der Waals surface area contributed by atoms with Crippen LogP contribution in [0.25, 0.3) is 10.9 Å². The van der Waals surface area contributed by atoms with Gasteiger partial charge in [0.2, 0.25) is 5.95 Å². The summed E-state index contributed by atoms with van der Waals surface area (Å²) in [7, 11) is 3.23. The first-order chi connectivity index (χ1) is 11.1. The van der Waals surface area contributed by atoms with Gasteiger partial charge in [0.25, 0.3) is 0 Å². The van der Waals surface area contributed by atoms with E-state index in [1.807, 2.05) is 12.1 Å². The van der Waals surface area contributed by atoms with Crippen molar-refractivity contribution < 1.29 is 9.47 Å². The molecule has 2 fully saturated rings. The van der Waals surface area contributed by atoms with Crippen LogP contribution in [0.2, 0.25) is 0 Å². The molecule has 0 radical (unpaired) electrons. The maximum absolute atomic E-state index is 6.18. The van der Waals surface area contributed by atoms with Gasteiger partial charge in [0, 0.05) is 24.5 Å². The number of aromatic nitrogens is 2. The molecule has 0 amide bonds. The van der Waals surface area contributed by atoms with Gasteiger partial charge in [-0.05, 0) is 30.2 Å². The smallest absolute Gasteiger partial charge is 0.227 e. The van der Waals surface area contributed by atoms with Gasteiger partial charge in [-0.15, -0.1) is 0 Å². The van der Waals surface area contributed by atoms with Crippen molar-refractivity contribution in [3.05, 3.63) is 12.1 Å².